The van der Waals surface area contributed by atoms with Gasteiger partial charge in [-0.3, -0.25) is 14.9 Å². The fraction of sp³-hybridized carbons (Fsp3) is 0.273. The van der Waals surface area contributed by atoms with Gasteiger partial charge in [-0.2, -0.15) is 5.10 Å². The molecule has 1 rings (SSSR count). The second kappa shape index (κ2) is 5.74. The smallest absolute Gasteiger partial charge is 0.267 e. The summed E-state index contributed by atoms with van der Waals surface area (Å²) >= 11 is 0. The van der Waals surface area contributed by atoms with Crippen molar-refractivity contribution >= 4 is 17.3 Å². The summed E-state index contributed by atoms with van der Waals surface area (Å²) in [6.45, 7) is 3.66. The van der Waals surface area contributed by atoms with Gasteiger partial charge in [-0.1, -0.05) is 19.1 Å². The van der Waals surface area contributed by atoms with E-state index in [0.29, 0.717) is 6.42 Å². The fourth-order valence-corrected chi connectivity index (χ4v) is 1.11. The lowest BCUT2D eigenvalue weighted by Gasteiger charge is -2.02. The summed E-state index contributed by atoms with van der Waals surface area (Å²) in [4.78, 5) is 21.8. The SMILES string of the molecule is CCC(C)=NNC(=O)c1ccccc1[N+](=O)[O-]. The Labute approximate surface area is 98.5 Å². The molecule has 0 unspecified atom stereocenters. The maximum absolute atomic E-state index is 11.7. The van der Waals surface area contributed by atoms with Crippen molar-refractivity contribution in [2.45, 2.75) is 20.3 Å². The first-order valence-electron chi connectivity index (χ1n) is 5.13. The maximum Gasteiger partial charge on any atom is 0.282 e. The Kier molecular flexibility index (Phi) is 4.33. The highest BCUT2D eigenvalue weighted by atomic mass is 16.6. The summed E-state index contributed by atoms with van der Waals surface area (Å²) in [6.07, 6.45) is 0.706. The highest BCUT2D eigenvalue weighted by Crippen LogP contribution is 2.17. The van der Waals surface area contributed by atoms with E-state index in [2.05, 4.69) is 10.5 Å². The molecule has 0 aliphatic carbocycles. The number of carbonyl (C=O) groups is 1. The van der Waals surface area contributed by atoms with Crippen molar-refractivity contribution in [3.63, 3.8) is 0 Å². The molecule has 0 aromatic heterocycles. The second-order valence-corrected chi connectivity index (χ2v) is 3.42. The predicted molar refractivity (Wildman–Crippen MR) is 64.0 cm³/mol. The molecule has 6 heteroatoms. The number of benzene rings is 1. The minimum absolute atomic E-state index is 0.00477. The van der Waals surface area contributed by atoms with Crippen LogP contribution in [0.5, 0.6) is 0 Å². The highest BCUT2D eigenvalue weighted by Gasteiger charge is 2.18. The molecule has 6 nitrogen and oxygen atoms in total. The molecule has 0 saturated heterocycles. The average molecular weight is 235 g/mol. The van der Waals surface area contributed by atoms with Gasteiger partial charge in [0.25, 0.3) is 11.6 Å². The van der Waals surface area contributed by atoms with Crippen LogP contribution in [0.25, 0.3) is 0 Å². The van der Waals surface area contributed by atoms with Gasteiger partial charge in [0.2, 0.25) is 0 Å². The van der Waals surface area contributed by atoms with E-state index < -0.39 is 10.8 Å². The van der Waals surface area contributed by atoms with Crippen LogP contribution < -0.4 is 5.43 Å². The number of carbonyl (C=O) groups excluding carboxylic acids is 1. The molecule has 1 aromatic carbocycles. The minimum atomic E-state index is -0.592. The van der Waals surface area contributed by atoms with Crippen molar-refractivity contribution in [1.82, 2.24) is 5.43 Å². The Bertz CT molecular complexity index is 469. The van der Waals surface area contributed by atoms with Crippen LogP contribution in [0.2, 0.25) is 0 Å². The maximum atomic E-state index is 11.7. The number of nitro groups is 1. The quantitative estimate of drug-likeness (QED) is 0.492. The molecular weight excluding hydrogens is 222 g/mol. The Morgan fingerprint density at radius 2 is 2.12 bits per heavy atom. The molecule has 0 heterocycles. The Hall–Kier alpha value is -2.24. The summed E-state index contributed by atoms with van der Waals surface area (Å²) < 4.78 is 0. The number of amides is 1. The van der Waals surface area contributed by atoms with Crippen LogP contribution in [-0.2, 0) is 0 Å². The number of nitrogens with one attached hydrogen (secondary N) is 1. The topological polar surface area (TPSA) is 84.6 Å². The molecule has 17 heavy (non-hydrogen) atoms. The van der Waals surface area contributed by atoms with E-state index in [4.69, 9.17) is 0 Å². The fourth-order valence-electron chi connectivity index (χ4n) is 1.11. The highest BCUT2D eigenvalue weighted by molar-refractivity contribution is 5.98. The zero-order valence-corrected chi connectivity index (χ0v) is 9.64. The molecule has 0 atom stereocenters. The Morgan fingerprint density at radius 1 is 1.47 bits per heavy atom. The van der Waals surface area contributed by atoms with Gasteiger partial charge < -0.3 is 0 Å². The first kappa shape index (κ1) is 12.8. The molecule has 90 valence electrons. The summed E-state index contributed by atoms with van der Waals surface area (Å²) in [7, 11) is 0. The Morgan fingerprint density at radius 3 is 2.71 bits per heavy atom. The van der Waals surface area contributed by atoms with Crippen molar-refractivity contribution in [2.75, 3.05) is 0 Å². The van der Waals surface area contributed by atoms with E-state index in [9.17, 15) is 14.9 Å². The molecule has 0 aliphatic heterocycles. The van der Waals surface area contributed by atoms with Crippen LogP contribution in [0.1, 0.15) is 30.6 Å². The molecule has 0 saturated carbocycles. The molecular formula is C11H13N3O3. The zero-order chi connectivity index (χ0) is 12.8. The summed E-state index contributed by atoms with van der Waals surface area (Å²) in [5.74, 6) is -0.579. The van der Waals surface area contributed by atoms with E-state index in [0.717, 1.165) is 5.71 Å². The van der Waals surface area contributed by atoms with Crippen LogP contribution in [0.3, 0.4) is 0 Å². The van der Waals surface area contributed by atoms with E-state index in [1.54, 1.807) is 13.0 Å². The molecule has 0 aliphatic rings. The number of hydrogen-bond acceptors (Lipinski definition) is 4. The van der Waals surface area contributed by atoms with Crippen LogP contribution in [0.15, 0.2) is 29.4 Å². The lowest BCUT2D eigenvalue weighted by molar-refractivity contribution is -0.385. The number of hydrazone groups is 1. The minimum Gasteiger partial charge on any atom is -0.267 e. The van der Waals surface area contributed by atoms with E-state index in [1.165, 1.54) is 18.2 Å². The average Bonchev–Trinajstić information content (AvgIpc) is 2.35. The molecule has 1 aromatic rings. The van der Waals surface area contributed by atoms with Gasteiger partial charge in [-0.15, -0.1) is 0 Å². The van der Waals surface area contributed by atoms with Crippen molar-refractivity contribution in [3.05, 3.63) is 39.9 Å². The number of para-hydroxylation sites is 1. The van der Waals surface area contributed by atoms with Crippen molar-refractivity contribution in [2.24, 2.45) is 5.10 Å². The number of hydrogen-bond donors (Lipinski definition) is 1. The number of rotatable bonds is 4. The third-order valence-corrected chi connectivity index (χ3v) is 2.21. The lowest BCUT2D eigenvalue weighted by Crippen LogP contribution is -2.20. The van der Waals surface area contributed by atoms with E-state index in [-0.39, 0.29) is 11.3 Å². The van der Waals surface area contributed by atoms with Gasteiger partial charge in [0.15, 0.2) is 0 Å². The summed E-state index contributed by atoms with van der Waals surface area (Å²) in [5.41, 5.74) is 2.81. The molecule has 1 N–H and O–H groups in total. The number of nitrogens with zero attached hydrogens (tertiary/aromatic N) is 2. The van der Waals surface area contributed by atoms with E-state index >= 15 is 0 Å². The molecule has 0 radical (unpaired) electrons. The third-order valence-electron chi connectivity index (χ3n) is 2.21. The second-order valence-electron chi connectivity index (χ2n) is 3.42. The predicted octanol–water partition coefficient (Wildman–Crippen LogP) is 2.11. The lowest BCUT2D eigenvalue weighted by atomic mass is 10.2. The van der Waals surface area contributed by atoms with Gasteiger partial charge >= 0.3 is 0 Å². The first-order chi connectivity index (χ1) is 8.06. The summed E-state index contributed by atoms with van der Waals surface area (Å²) in [5, 5.41) is 14.5. The first-order valence-corrected chi connectivity index (χ1v) is 5.13. The third kappa shape index (κ3) is 3.37. The van der Waals surface area contributed by atoms with Gasteiger partial charge in [0.1, 0.15) is 5.56 Å². The zero-order valence-electron chi connectivity index (χ0n) is 9.64. The monoisotopic (exact) mass is 235 g/mol. The van der Waals surface area contributed by atoms with Crippen molar-refractivity contribution in [3.8, 4) is 0 Å². The standard InChI is InChI=1S/C11H13N3O3/c1-3-8(2)12-13-11(15)9-6-4-5-7-10(9)14(16)17/h4-7H,3H2,1-2H3,(H,13,15). The van der Waals surface area contributed by atoms with Gasteiger partial charge in [0, 0.05) is 11.8 Å². The normalized spacial score (nSPS) is 11.1. The van der Waals surface area contributed by atoms with Crippen molar-refractivity contribution < 1.29 is 9.72 Å². The van der Waals surface area contributed by atoms with Crippen LogP contribution >= 0.6 is 0 Å². The molecule has 0 bridgehead atoms. The van der Waals surface area contributed by atoms with E-state index in [1.807, 2.05) is 6.92 Å². The van der Waals surface area contributed by atoms with Gasteiger partial charge in [-0.05, 0) is 19.4 Å². The number of nitro benzene ring substituents is 1. The molecule has 1 amide bonds. The van der Waals surface area contributed by atoms with Crippen molar-refractivity contribution in [1.29, 1.82) is 0 Å². The largest absolute Gasteiger partial charge is 0.282 e. The van der Waals surface area contributed by atoms with Crippen LogP contribution in [0, 0.1) is 10.1 Å². The van der Waals surface area contributed by atoms with Gasteiger partial charge in [-0.25, -0.2) is 5.43 Å². The Balaban J connectivity index is 2.93. The summed E-state index contributed by atoms with van der Waals surface area (Å²) in [6, 6.07) is 5.75. The van der Waals surface area contributed by atoms with Gasteiger partial charge in [0.05, 0.1) is 4.92 Å². The van der Waals surface area contributed by atoms with Crippen LogP contribution in [0.4, 0.5) is 5.69 Å². The van der Waals surface area contributed by atoms with Crippen LogP contribution in [-0.4, -0.2) is 16.5 Å². The molecule has 0 fully saturated rings. The molecule has 0 spiro atoms.